The molecule has 0 N–H and O–H groups in total. The van der Waals surface area contributed by atoms with Crippen molar-refractivity contribution < 1.29 is 22.0 Å². The predicted molar refractivity (Wildman–Crippen MR) is 120 cm³/mol. The highest BCUT2D eigenvalue weighted by Gasteiger charge is 2.38. The van der Waals surface area contributed by atoms with Crippen molar-refractivity contribution in [3.05, 3.63) is 70.3 Å². The minimum Gasteiger partial charge on any atom is -0.206 e. The summed E-state index contributed by atoms with van der Waals surface area (Å²) < 4.78 is 66.1. The Hall–Kier alpha value is -2.17. The number of benzene rings is 2. The molecule has 1 aliphatic rings. The Bertz CT molecular complexity index is 893. The molecule has 1 fully saturated rings. The first-order valence-electron chi connectivity index (χ1n) is 11.5. The zero-order valence-corrected chi connectivity index (χ0v) is 18.7. The van der Waals surface area contributed by atoms with Crippen molar-refractivity contribution in [2.75, 3.05) is 0 Å². The highest BCUT2D eigenvalue weighted by molar-refractivity contribution is 5.80. The summed E-state index contributed by atoms with van der Waals surface area (Å²) in [4.78, 5) is 0. The number of hydrogen-bond acceptors (Lipinski definition) is 0. The summed E-state index contributed by atoms with van der Waals surface area (Å²) in [6.45, 7) is 3.87. The molecule has 3 rings (SSSR count). The van der Waals surface area contributed by atoms with E-state index in [-0.39, 0.29) is 5.56 Å². The molecule has 174 valence electrons. The van der Waals surface area contributed by atoms with Crippen LogP contribution in [0, 0.1) is 17.6 Å². The normalized spacial score (nSPS) is 19.9. The summed E-state index contributed by atoms with van der Waals surface area (Å²) in [6, 6.07) is 9.59. The van der Waals surface area contributed by atoms with Crippen LogP contribution >= 0.6 is 0 Å². The Morgan fingerprint density at radius 1 is 0.938 bits per heavy atom. The minimum atomic E-state index is -5.06. The van der Waals surface area contributed by atoms with Crippen LogP contribution in [0.2, 0.25) is 0 Å². The molecule has 0 bridgehead atoms. The Morgan fingerprint density at radius 3 is 2.06 bits per heavy atom. The molecule has 32 heavy (non-hydrogen) atoms. The van der Waals surface area contributed by atoms with Crippen LogP contribution in [0.4, 0.5) is 22.0 Å². The molecule has 0 unspecified atom stereocenters. The highest BCUT2D eigenvalue weighted by atomic mass is 19.4. The fourth-order valence-electron chi connectivity index (χ4n) is 4.74. The van der Waals surface area contributed by atoms with Crippen LogP contribution in [0.5, 0.6) is 0 Å². The van der Waals surface area contributed by atoms with Gasteiger partial charge < -0.3 is 0 Å². The minimum absolute atomic E-state index is 0.0958. The molecule has 1 saturated carbocycles. The topological polar surface area (TPSA) is 0 Å². The molecule has 2 aromatic rings. The number of unbranched alkanes of at least 4 members (excludes halogenated alkanes) is 2. The molecule has 0 radical (unpaired) electrons. The number of rotatable bonds is 7. The lowest BCUT2D eigenvalue weighted by molar-refractivity contribution is -0.142. The SMILES string of the molecule is CCCCCC1CCC(c2ccc(C=C(C)c3cc(F)c(C(F)(F)F)c(F)c3)cc2)CC1. The number of hydrogen-bond donors (Lipinski definition) is 0. The lowest BCUT2D eigenvalue weighted by atomic mass is 9.77. The molecule has 0 nitrogen and oxygen atoms in total. The van der Waals surface area contributed by atoms with Gasteiger partial charge in [0, 0.05) is 0 Å². The van der Waals surface area contributed by atoms with Crippen molar-refractivity contribution in [3.8, 4) is 0 Å². The van der Waals surface area contributed by atoms with E-state index in [1.54, 1.807) is 13.0 Å². The molecular formula is C27H31F5. The van der Waals surface area contributed by atoms with Crippen molar-refractivity contribution in [1.29, 1.82) is 0 Å². The predicted octanol–water partition coefficient (Wildman–Crippen LogP) is 9.40. The molecule has 0 amide bonds. The summed E-state index contributed by atoms with van der Waals surface area (Å²) in [7, 11) is 0. The van der Waals surface area contributed by atoms with E-state index in [0.29, 0.717) is 11.5 Å². The second-order valence-electron chi connectivity index (χ2n) is 9.02. The molecule has 0 spiro atoms. The molecular weight excluding hydrogens is 419 g/mol. The Balaban J connectivity index is 1.65. The van der Waals surface area contributed by atoms with Gasteiger partial charge in [0.05, 0.1) is 0 Å². The van der Waals surface area contributed by atoms with Gasteiger partial charge in [-0.05, 0) is 78.8 Å². The molecule has 0 heterocycles. The zero-order valence-electron chi connectivity index (χ0n) is 18.7. The van der Waals surface area contributed by atoms with Gasteiger partial charge in [-0.25, -0.2) is 8.78 Å². The summed E-state index contributed by atoms with van der Waals surface area (Å²) in [5, 5.41) is 0. The maximum Gasteiger partial charge on any atom is 0.422 e. The second kappa shape index (κ2) is 10.6. The van der Waals surface area contributed by atoms with E-state index in [1.807, 2.05) is 12.1 Å². The molecule has 0 saturated heterocycles. The molecule has 0 aromatic heterocycles. The third-order valence-electron chi connectivity index (χ3n) is 6.63. The fraction of sp³-hybridized carbons (Fsp3) is 0.481. The molecule has 0 aliphatic heterocycles. The zero-order chi connectivity index (χ0) is 23.3. The van der Waals surface area contributed by atoms with Crippen molar-refractivity contribution in [3.63, 3.8) is 0 Å². The summed E-state index contributed by atoms with van der Waals surface area (Å²) in [5.74, 6) is -1.77. The molecule has 5 heteroatoms. The van der Waals surface area contributed by atoms with Gasteiger partial charge in [0.2, 0.25) is 0 Å². The summed E-state index contributed by atoms with van der Waals surface area (Å²) >= 11 is 0. The van der Waals surface area contributed by atoms with E-state index >= 15 is 0 Å². The van der Waals surface area contributed by atoms with Crippen molar-refractivity contribution in [1.82, 2.24) is 0 Å². The van der Waals surface area contributed by atoms with E-state index in [4.69, 9.17) is 0 Å². The third kappa shape index (κ3) is 6.20. The summed E-state index contributed by atoms with van der Waals surface area (Å²) in [6.07, 6.45) is 6.89. The standard InChI is InChI=1S/C27H31F5/c1-3-4-5-6-19-7-11-21(12-8-19)22-13-9-20(10-14-22)15-18(2)23-16-24(28)26(25(29)17-23)27(30,31)32/h9-10,13-17,19,21H,3-8,11-12H2,1-2H3. The highest BCUT2D eigenvalue weighted by Crippen LogP contribution is 2.38. The smallest absolute Gasteiger partial charge is 0.206 e. The van der Waals surface area contributed by atoms with Crippen LogP contribution in [0.1, 0.15) is 93.4 Å². The second-order valence-corrected chi connectivity index (χ2v) is 9.02. The average molecular weight is 451 g/mol. The van der Waals surface area contributed by atoms with Crippen LogP contribution in [0.3, 0.4) is 0 Å². The van der Waals surface area contributed by atoms with Crippen molar-refractivity contribution >= 4 is 11.6 Å². The lowest BCUT2D eigenvalue weighted by Gasteiger charge is -2.29. The monoisotopic (exact) mass is 450 g/mol. The Morgan fingerprint density at radius 2 is 1.53 bits per heavy atom. The number of alkyl halides is 3. The van der Waals surface area contributed by atoms with Gasteiger partial charge in [-0.1, -0.05) is 62.9 Å². The number of halogens is 5. The van der Waals surface area contributed by atoms with Gasteiger partial charge in [0.15, 0.2) is 0 Å². The van der Waals surface area contributed by atoms with E-state index in [2.05, 4.69) is 19.1 Å². The first kappa shape index (κ1) is 24.5. The van der Waals surface area contributed by atoms with E-state index in [0.717, 1.165) is 23.6 Å². The first-order chi connectivity index (χ1) is 15.2. The van der Waals surface area contributed by atoms with E-state index in [9.17, 15) is 22.0 Å². The molecule has 2 aromatic carbocycles. The van der Waals surface area contributed by atoms with Gasteiger partial charge in [-0.3, -0.25) is 0 Å². The van der Waals surface area contributed by atoms with Crippen molar-refractivity contribution in [2.24, 2.45) is 5.92 Å². The Kier molecular flexibility index (Phi) is 8.13. The molecule has 0 atom stereocenters. The third-order valence-corrected chi connectivity index (χ3v) is 6.63. The molecule has 1 aliphatic carbocycles. The fourth-order valence-corrected chi connectivity index (χ4v) is 4.74. The van der Waals surface area contributed by atoms with Gasteiger partial charge in [-0.2, -0.15) is 13.2 Å². The Labute approximate surface area is 187 Å². The largest absolute Gasteiger partial charge is 0.422 e. The van der Waals surface area contributed by atoms with Gasteiger partial charge in [0.1, 0.15) is 17.2 Å². The van der Waals surface area contributed by atoms with Gasteiger partial charge in [0.25, 0.3) is 0 Å². The van der Waals surface area contributed by atoms with E-state index in [1.165, 1.54) is 56.9 Å². The van der Waals surface area contributed by atoms with E-state index < -0.39 is 23.4 Å². The van der Waals surface area contributed by atoms with Crippen LogP contribution in [0.15, 0.2) is 36.4 Å². The van der Waals surface area contributed by atoms with Gasteiger partial charge >= 0.3 is 6.18 Å². The van der Waals surface area contributed by atoms with Crippen LogP contribution in [-0.4, -0.2) is 0 Å². The van der Waals surface area contributed by atoms with Crippen LogP contribution in [-0.2, 0) is 6.18 Å². The first-order valence-corrected chi connectivity index (χ1v) is 11.5. The average Bonchev–Trinajstić information content (AvgIpc) is 2.73. The van der Waals surface area contributed by atoms with Gasteiger partial charge in [-0.15, -0.1) is 0 Å². The maximum absolute atomic E-state index is 13.9. The summed E-state index contributed by atoms with van der Waals surface area (Å²) in [5.41, 5.74) is 0.896. The van der Waals surface area contributed by atoms with Crippen molar-refractivity contribution in [2.45, 2.75) is 77.3 Å². The lowest BCUT2D eigenvalue weighted by Crippen LogP contribution is -2.13. The maximum atomic E-state index is 13.9. The van der Waals surface area contributed by atoms with Crippen LogP contribution in [0.25, 0.3) is 11.6 Å². The number of allylic oxidation sites excluding steroid dienone is 1. The quantitative estimate of drug-likeness (QED) is 0.224. The van der Waals surface area contributed by atoms with Crippen LogP contribution < -0.4 is 0 Å².